The van der Waals surface area contributed by atoms with Crippen LogP contribution in [0.2, 0.25) is 10.0 Å². The number of quaternary nitrogens is 1. The Morgan fingerprint density at radius 3 is 2.39 bits per heavy atom. The largest absolute Gasteiger partial charge is 0.343 e. The molecule has 0 aliphatic heterocycles. The van der Waals surface area contributed by atoms with E-state index in [2.05, 4.69) is 19.4 Å². The van der Waals surface area contributed by atoms with E-state index >= 15 is 0 Å². The maximum absolute atomic E-state index is 12.4. The predicted octanol–water partition coefficient (Wildman–Crippen LogP) is 2.54. The molecule has 0 unspecified atom stereocenters. The van der Waals surface area contributed by atoms with Crippen LogP contribution in [-0.2, 0) is 11.2 Å². The third-order valence-electron chi connectivity index (χ3n) is 3.50. The van der Waals surface area contributed by atoms with E-state index in [1.807, 2.05) is 36.4 Å². The van der Waals surface area contributed by atoms with Gasteiger partial charge >= 0.3 is 0 Å². The fourth-order valence-corrected chi connectivity index (χ4v) is 2.75. The number of carbonyl (C=O) groups excluding carboxylic acids is 1. The van der Waals surface area contributed by atoms with Crippen molar-refractivity contribution in [2.75, 3.05) is 20.6 Å². The molecule has 0 radical (unpaired) electrons. The van der Waals surface area contributed by atoms with Crippen molar-refractivity contribution in [1.82, 2.24) is 5.32 Å². The van der Waals surface area contributed by atoms with Gasteiger partial charge in [-0.15, -0.1) is 0 Å². The van der Waals surface area contributed by atoms with Gasteiger partial charge in [-0.1, -0.05) is 59.6 Å². The molecule has 2 aromatic rings. The molecule has 1 amide bonds. The topological polar surface area (TPSA) is 33.5 Å². The molecule has 2 N–H and O–H groups in total. The zero-order valence-electron chi connectivity index (χ0n) is 13.3. The van der Waals surface area contributed by atoms with Gasteiger partial charge in [0, 0.05) is 0 Å². The van der Waals surface area contributed by atoms with Crippen molar-refractivity contribution in [2.24, 2.45) is 0 Å². The van der Waals surface area contributed by atoms with Gasteiger partial charge in [-0.3, -0.25) is 4.79 Å². The molecule has 3 nitrogen and oxygen atoms in total. The van der Waals surface area contributed by atoms with Gasteiger partial charge in [-0.05, 0) is 23.3 Å². The molecule has 1 atom stereocenters. The Bertz CT molecular complexity index is 659. The lowest BCUT2D eigenvalue weighted by Crippen LogP contribution is -3.06. The van der Waals surface area contributed by atoms with Gasteiger partial charge in [0.2, 0.25) is 5.91 Å². The Morgan fingerprint density at radius 1 is 1.09 bits per heavy atom. The molecule has 0 saturated heterocycles. The Labute approximate surface area is 147 Å². The smallest absolute Gasteiger partial charge is 0.225 e. The number of carbonyl (C=O) groups is 1. The summed E-state index contributed by atoms with van der Waals surface area (Å²) in [6.45, 7) is 0.817. The van der Waals surface area contributed by atoms with E-state index < -0.39 is 0 Å². The van der Waals surface area contributed by atoms with Crippen LogP contribution < -0.4 is 10.2 Å². The van der Waals surface area contributed by atoms with Gasteiger partial charge in [0.05, 0.1) is 30.6 Å². The average molecular weight is 352 g/mol. The van der Waals surface area contributed by atoms with Crippen LogP contribution in [0.4, 0.5) is 0 Å². The Kier molecular flexibility index (Phi) is 6.46. The fraction of sp³-hybridized carbons (Fsp3) is 0.278. The van der Waals surface area contributed by atoms with E-state index in [-0.39, 0.29) is 18.4 Å². The minimum Gasteiger partial charge on any atom is -0.343 e. The molecular formula is C18H21Cl2N2O+. The van der Waals surface area contributed by atoms with E-state index in [1.165, 1.54) is 4.90 Å². The SMILES string of the molecule is C[NH+](C)C[C@@H](NC(=O)Cc1ccc(Cl)c(Cl)c1)c1ccccc1. The van der Waals surface area contributed by atoms with Gasteiger partial charge < -0.3 is 10.2 Å². The Hall–Kier alpha value is -1.55. The fourth-order valence-electron chi connectivity index (χ4n) is 2.43. The highest BCUT2D eigenvalue weighted by molar-refractivity contribution is 6.42. The highest BCUT2D eigenvalue weighted by Gasteiger charge is 2.17. The lowest BCUT2D eigenvalue weighted by molar-refractivity contribution is -0.860. The number of hydrogen-bond acceptors (Lipinski definition) is 1. The molecule has 122 valence electrons. The highest BCUT2D eigenvalue weighted by atomic mass is 35.5. The molecule has 0 aliphatic carbocycles. The summed E-state index contributed by atoms with van der Waals surface area (Å²) in [7, 11) is 4.14. The molecular weight excluding hydrogens is 331 g/mol. The zero-order chi connectivity index (χ0) is 16.8. The van der Waals surface area contributed by atoms with Gasteiger partial charge in [-0.25, -0.2) is 0 Å². The number of hydrogen-bond donors (Lipinski definition) is 2. The molecule has 0 fully saturated rings. The van der Waals surface area contributed by atoms with Crippen molar-refractivity contribution in [3.05, 3.63) is 69.7 Å². The van der Waals surface area contributed by atoms with Gasteiger partial charge in [0.15, 0.2) is 0 Å². The summed E-state index contributed by atoms with van der Waals surface area (Å²) in [5.41, 5.74) is 1.96. The monoisotopic (exact) mass is 351 g/mol. The lowest BCUT2D eigenvalue weighted by Gasteiger charge is -2.21. The molecule has 0 heterocycles. The molecule has 0 saturated carbocycles. The van der Waals surface area contributed by atoms with Crippen LogP contribution in [0.5, 0.6) is 0 Å². The molecule has 5 heteroatoms. The van der Waals surface area contributed by atoms with E-state index in [9.17, 15) is 4.79 Å². The number of halogens is 2. The number of rotatable bonds is 6. The number of amides is 1. The standard InChI is InChI=1S/C18H20Cl2N2O/c1-22(2)12-17(14-6-4-3-5-7-14)21-18(23)11-13-8-9-15(19)16(20)10-13/h3-10,17H,11-12H2,1-2H3,(H,21,23)/p+1/t17-/m1/s1. The van der Waals surface area contributed by atoms with E-state index in [1.54, 1.807) is 12.1 Å². The molecule has 2 rings (SSSR count). The Morgan fingerprint density at radius 2 is 1.78 bits per heavy atom. The minimum atomic E-state index is -0.0292. The third-order valence-corrected chi connectivity index (χ3v) is 4.24. The number of likely N-dealkylation sites (N-methyl/N-ethyl adjacent to an activating group) is 1. The van der Waals surface area contributed by atoms with Gasteiger partial charge in [-0.2, -0.15) is 0 Å². The summed E-state index contributed by atoms with van der Waals surface area (Å²) >= 11 is 11.9. The van der Waals surface area contributed by atoms with Crippen molar-refractivity contribution in [3.8, 4) is 0 Å². The van der Waals surface area contributed by atoms with Crippen LogP contribution in [0.25, 0.3) is 0 Å². The van der Waals surface area contributed by atoms with Crippen LogP contribution in [0.3, 0.4) is 0 Å². The van der Waals surface area contributed by atoms with Crippen molar-refractivity contribution in [1.29, 1.82) is 0 Å². The minimum absolute atomic E-state index is 0.0172. The maximum atomic E-state index is 12.4. The lowest BCUT2D eigenvalue weighted by atomic mass is 10.1. The molecule has 0 spiro atoms. The predicted molar refractivity (Wildman–Crippen MR) is 95.2 cm³/mol. The number of benzene rings is 2. The second kappa shape index (κ2) is 8.34. The highest BCUT2D eigenvalue weighted by Crippen LogP contribution is 2.23. The summed E-state index contributed by atoms with van der Waals surface area (Å²) in [6.07, 6.45) is 0.281. The van der Waals surface area contributed by atoms with Crippen molar-refractivity contribution in [2.45, 2.75) is 12.5 Å². The second-order valence-electron chi connectivity index (χ2n) is 5.87. The average Bonchev–Trinajstić information content (AvgIpc) is 2.51. The van der Waals surface area contributed by atoms with Crippen LogP contribution >= 0.6 is 23.2 Å². The first kappa shape index (κ1) is 17.8. The molecule has 0 bridgehead atoms. The van der Waals surface area contributed by atoms with Gasteiger partial charge in [0.25, 0.3) is 0 Å². The molecule has 23 heavy (non-hydrogen) atoms. The molecule has 2 aromatic carbocycles. The van der Waals surface area contributed by atoms with Crippen LogP contribution in [-0.4, -0.2) is 26.5 Å². The van der Waals surface area contributed by atoms with E-state index in [4.69, 9.17) is 23.2 Å². The van der Waals surface area contributed by atoms with Gasteiger partial charge in [0.1, 0.15) is 12.6 Å². The van der Waals surface area contributed by atoms with Crippen LogP contribution in [0.15, 0.2) is 48.5 Å². The Balaban J connectivity index is 2.06. The first-order valence-electron chi connectivity index (χ1n) is 7.53. The summed E-state index contributed by atoms with van der Waals surface area (Å²) in [6, 6.07) is 15.3. The zero-order valence-corrected chi connectivity index (χ0v) is 14.8. The molecule has 0 aromatic heterocycles. The molecule has 0 aliphatic rings. The van der Waals surface area contributed by atoms with Crippen LogP contribution in [0.1, 0.15) is 17.2 Å². The van der Waals surface area contributed by atoms with Crippen molar-refractivity contribution >= 4 is 29.1 Å². The van der Waals surface area contributed by atoms with E-state index in [0.29, 0.717) is 10.0 Å². The van der Waals surface area contributed by atoms with Crippen molar-refractivity contribution < 1.29 is 9.69 Å². The second-order valence-corrected chi connectivity index (χ2v) is 6.68. The summed E-state index contributed by atoms with van der Waals surface area (Å²) in [5, 5.41) is 4.07. The maximum Gasteiger partial charge on any atom is 0.225 e. The number of nitrogens with one attached hydrogen (secondary N) is 2. The summed E-state index contributed by atoms with van der Waals surface area (Å²) in [5.74, 6) is -0.0292. The summed E-state index contributed by atoms with van der Waals surface area (Å²) < 4.78 is 0. The van der Waals surface area contributed by atoms with Crippen molar-refractivity contribution in [3.63, 3.8) is 0 Å². The van der Waals surface area contributed by atoms with E-state index in [0.717, 1.165) is 17.7 Å². The van der Waals surface area contributed by atoms with Crippen LogP contribution in [0, 0.1) is 0 Å². The first-order chi connectivity index (χ1) is 11.0. The summed E-state index contributed by atoms with van der Waals surface area (Å²) in [4.78, 5) is 13.6. The third kappa shape index (κ3) is 5.54. The normalized spacial score (nSPS) is 12.2. The quantitative estimate of drug-likeness (QED) is 0.823. The first-order valence-corrected chi connectivity index (χ1v) is 8.28.